The molecular formula is C23H35N7O2. The number of hydrogen-bond acceptors (Lipinski definition) is 8. The summed E-state index contributed by atoms with van der Waals surface area (Å²) in [4.78, 5) is 27.9. The molecule has 174 valence electrons. The Hall–Kier alpha value is -3.07. The van der Waals surface area contributed by atoms with Gasteiger partial charge in [-0.2, -0.15) is 4.98 Å². The molecule has 2 N–H and O–H groups in total. The number of nitrogens with zero attached hydrogens (tertiary/aromatic N) is 5. The van der Waals surface area contributed by atoms with E-state index >= 15 is 0 Å². The van der Waals surface area contributed by atoms with Crippen molar-refractivity contribution in [3.63, 3.8) is 0 Å². The summed E-state index contributed by atoms with van der Waals surface area (Å²) >= 11 is 0. The number of nitrogens with one attached hydrogen (secondary N) is 2. The van der Waals surface area contributed by atoms with E-state index in [9.17, 15) is 4.79 Å². The highest BCUT2D eigenvalue weighted by molar-refractivity contribution is 6.04. The van der Waals surface area contributed by atoms with Crippen LogP contribution in [0, 0.1) is 0 Å². The maximum atomic E-state index is 12.8. The first kappa shape index (κ1) is 23.6. The van der Waals surface area contributed by atoms with E-state index in [0.717, 1.165) is 30.3 Å². The molecule has 2 heterocycles. The summed E-state index contributed by atoms with van der Waals surface area (Å²) in [5.74, 6) is 1.98. The molecule has 1 atom stereocenters. The van der Waals surface area contributed by atoms with Gasteiger partial charge in [-0.15, -0.1) is 0 Å². The van der Waals surface area contributed by atoms with Crippen LogP contribution in [0.3, 0.4) is 0 Å². The second-order valence-corrected chi connectivity index (χ2v) is 8.49. The highest BCUT2D eigenvalue weighted by Gasteiger charge is 2.38. The SMILES string of the molecule is CC[C@@H]1C(=O)N(C)c2cnc(Nc3ccc(NCCN(C)C)cc3OC)nc2N1C(C)C. The molecule has 0 fully saturated rings. The minimum absolute atomic E-state index is 0.0667. The molecule has 0 radical (unpaired) electrons. The van der Waals surface area contributed by atoms with Gasteiger partial charge in [0.1, 0.15) is 17.5 Å². The Morgan fingerprint density at radius 2 is 2.03 bits per heavy atom. The molecule has 0 unspecified atom stereocenters. The van der Waals surface area contributed by atoms with Crippen LogP contribution in [0.2, 0.25) is 0 Å². The van der Waals surface area contributed by atoms with Crippen molar-refractivity contribution in [2.24, 2.45) is 0 Å². The number of aromatic nitrogens is 2. The predicted molar refractivity (Wildman–Crippen MR) is 130 cm³/mol. The lowest BCUT2D eigenvalue weighted by Gasteiger charge is -2.42. The number of likely N-dealkylation sites (N-methyl/N-ethyl adjacent to an activating group) is 2. The smallest absolute Gasteiger partial charge is 0.249 e. The standard InChI is InChI=1S/C23H35N7O2/c1-8-18-22(31)29(6)19-14-25-23(27-21(19)30(18)15(2)3)26-17-10-9-16(13-20(17)32-7)24-11-12-28(4)5/h9-10,13-15,18,24H,8,11-12H2,1-7H3,(H,25,26,27)/t18-/m1/s1. The van der Waals surface area contributed by atoms with Crippen LogP contribution in [0.15, 0.2) is 24.4 Å². The fourth-order valence-electron chi connectivity index (χ4n) is 3.89. The van der Waals surface area contributed by atoms with Crippen molar-refractivity contribution in [3.8, 4) is 5.75 Å². The Kier molecular flexibility index (Phi) is 7.40. The first-order valence-electron chi connectivity index (χ1n) is 11.0. The summed E-state index contributed by atoms with van der Waals surface area (Å²) in [6.45, 7) is 7.95. The second-order valence-electron chi connectivity index (χ2n) is 8.49. The van der Waals surface area contributed by atoms with E-state index in [1.165, 1.54) is 0 Å². The summed E-state index contributed by atoms with van der Waals surface area (Å²) < 4.78 is 5.59. The fraction of sp³-hybridized carbons (Fsp3) is 0.522. The largest absolute Gasteiger partial charge is 0.494 e. The number of ether oxygens (including phenoxy) is 1. The van der Waals surface area contributed by atoms with Crippen LogP contribution >= 0.6 is 0 Å². The lowest BCUT2D eigenvalue weighted by atomic mass is 10.1. The van der Waals surface area contributed by atoms with Gasteiger partial charge in [-0.1, -0.05) is 6.92 Å². The number of anilines is 5. The van der Waals surface area contributed by atoms with Crippen molar-refractivity contribution in [1.82, 2.24) is 14.9 Å². The number of amides is 1. The van der Waals surface area contributed by atoms with E-state index in [0.29, 0.717) is 23.8 Å². The van der Waals surface area contributed by atoms with Gasteiger partial charge in [-0.05, 0) is 46.5 Å². The number of rotatable bonds is 9. The lowest BCUT2D eigenvalue weighted by Crippen LogP contribution is -2.54. The predicted octanol–water partition coefficient (Wildman–Crippen LogP) is 3.17. The van der Waals surface area contributed by atoms with Gasteiger partial charge < -0.3 is 30.1 Å². The highest BCUT2D eigenvalue weighted by Crippen LogP contribution is 2.37. The number of benzene rings is 1. The van der Waals surface area contributed by atoms with Crippen LogP contribution < -0.4 is 25.2 Å². The van der Waals surface area contributed by atoms with Gasteiger partial charge in [-0.25, -0.2) is 4.98 Å². The maximum Gasteiger partial charge on any atom is 0.249 e. The summed E-state index contributed by atoms with van der Waals surface area (Å²) in [6, 6.07) is 5.79. The molecule has 32 heavy (non-hydrogen) atoms. The Bertz CT molecular complexity index is 948. The van der Waals surface area contributed by atoms with E-state index in [4.69, 9.17) is 9.72 Å². The monoisotopic (exact) mass is 441 g/mol. The molecule has 0 spiro atoms. The molecule has 3 rings (SSSR count). The van der Waals surface area contributed by atoms with Crippen molar-refractivity contribution in [2.45, 2.75) is 39.3 Å². The van der Waals surface area contributed by atoms with Gasteiger partial charge in [0.05, 0.1) is 19.0 Å². The minimum atomic E-state index is -0.239. The van der Waals surface area contributed by atoms with Gasteiger partial charge in [-0.3, -0.25) is 4.79 Å². The summed E-state index contributed by atoms with van der Waals surface area (Å²) in [6.07, 6.45) is 2.41. The number of carbonyl (C=O) groups excluding carboxylic acids is 1. The minimum Gasteiger partial charge on any atom is -0.494 e. The molecule has 0 saturated carbocycles. The fourth-order valence-corrected chi connectivity index (χ4v) is 3.89. The van der Waals surface area contributed by atoms with Crippen LogP contribution in [0.4, 0.5) is 28.8 Å². The second kappa shape index (κ2) is 10.0. The lowest BCUT2D eigenvalue weighted by molar-refractivity contribution is -0.120. The Balaban J connectivity index is 1.88. The van der Waals surface area contributed by atoms with Crippen molar-refractivity contribution in [2.75, 3.05) is 61.8 Å². The topological polar surface area (TPSA) is 85.9 Å². The Morgan fingerprint density at radius 1 is 1.28 bits per heavy atom. The molecule has 1 aliphatic heterocycles. The zero-order chi connectivity index (χ0) is 23.4. The molecule has 1 aromatic heterocycles. The van der Waals surface area contributed by atoms with Crippen LogP contribution in [-0.2, 0) is 4.79 Å². The zero-order valence-corrected chi connectivity index (χ0v) is 20.1. The summed E-state index contributed by atoms with van der Waals surface area (Å²) in [7, 11) is 7.52. The summed E-state index contributed by atoms with van der Waals surface area (Å²) in [5, 5.41) is 6.68. The molecular weight excluding hydrogens is 406 g/mol. The van der Waals surface area contributed by atoms with Gasteiger partial charge in [0.25, 0.3) is 0 Å². The Labute approximate surface area is 190 Å². The van der Waals surface area contributed by atoms with Crippen molar-refractivity contribution in [1.29, 1.82) is 0 Å². The maximum absolute atomic E-state index is 12.8. The van der Waals surface area contributed by atoms with Crippen molar-refractivity contribution >= 4 is 34.7 Å². The third-order valence-electron chi connectivity index (χ3n) is 5.59. The average molecular weight is 442 g/mol. The van der Waals surface area contributed by atoms with E-state index in [1.54, 1.807) is 25.3 Å². The first-order chi connectivity index (χ1) is 15.3. The molecule has 0 bridgehead atoms. The number of fused-ring (bicyclic) bond motifs is 1. The van der Waals surface area contributed by atoms with E-state index in [2.05, 4.69) is 39.3 Å². The van der Waals surface area contributed by atoms with Crippen LogP contribution in [0.5, 0.6) is 5.75 Å². The van der Waals surface area contributed by atoms with Gasteiger partial charge in [0, 0.05) is 37.9 Å². The van der Waals surface area contributed by atoms with Gasteiger partial charge >= 0.3 is 0 Å². The normalized spacial score (nSPS) is 15.9. The highest BCUT2D eigenvalue weighted by atomic mass is 16.5. The van der Waals surface area contributed by atoms with Crippen molar-refractivity contribution < 1.29 is 9.53 Å². The summed E-state index contributed by atoms with van der Waals surface area (Å²) in [5.41, 5.74) is 2.47. The molecule has 0 aliphatic carbocycles. The molecule has 1 aromatic carbocycles. The molecule has 9 nitrogen and oxygen atoms in total. The van der Waals surface area contributed by atoms with E-state index in [1.807, 2.05) is 39.2 Å². The number of carbonyl (C=O) groups is 1. The third kappa shape index (κ3) is 4.88. The molecule has 1 amide bonds. The van der Waals surface area contributed by atoms with Crippen LogP contribution in [-0.4, -0.2) is 74.2 Å². The van der Waals surface area contributed by atoms with Gasteiger partial charge in [0.15, 0.2) is 5.82 Å². The van der Waals surface area contributed by atoms with Crippen molar-refractivity contribution in [3.05, 3.63) is 24.4 Å². The van der Waals surface area contributed by atoms with E-state index in [-0.39, 0.29) is 18.0 Å². The molecule has 0 saturated heterocycles. The number of hydrogen-bond donors (Lipinski definition) is 2. The molecule has 1 aliphatic rings. The average Bonchev–Trinajstić information content (AvgIpc) is 2.76. The van der Waals surface area contributed by atoms with Crippen LogP contribution in [0.1, 0.15) is 27.2 Å². The molecule has 2 aromatic rings. The number of methoxy groups -OCH3 is 1. The van der Waals surface area contributed by atoms with Crippen LogP contribution in [0.25, 0.3) is 0 Å². The van der Waals surface area contributed by atoms with Gasteiger partial charge in [0.2, 0.25) is 11.9 Å². The zero-order valence-electron chi connectivity index (χ0n) is 20.1. The van der Waals surface area contributed by atoms with E-state index < -0.39 is 0 Å². The quantitative estimate of drug-likeness (QED) is 0.614. The molecule has 9 heteroatoms. The first-order valence-corrected chi connectivity index (χ1v) is 11.0. The Morgan fingerprint density at radius 3 is 2.66 bits per heavy atom. The third-order valence-corrected chi connectivity index (χ3v) is 5.59.